The van der Waals surface area contributed by atoms with Gasteiger partial charge in [0.05, 0.1) is 18.1 Å². The first-order valence-corrected chi connectivity index (χ1v) is 8.45. The fraction of sp³-hybridized carbons (Fsp3) is 0. The molecule has 3 heterocycles. The maximum atomic E-state index is 12.3. The Bertz CT molecular complexity index is 962. The quantitative estimate of drug-likeness (QED) is 0.612. The number of amides is 1. The highest BCUT2D eigenvalue weighted by Gasteiger charge is 2.08. The first-order valence-electron chi connectivity index (χ1n) is 7.57. The van der Waals surface area contributed by atoms with Gasteiger partial charge in [-0.2, -0.15) is 5.10 Å². The molecule has 0 atom stereocenters. The Hall–Kier alpha value is -3.32. The van der Waals surface area contributed by atoms with Crippen molar-refractivity contribution in [1.29, 1.82) is 0 Å². The topological polar surface area (TPSA) is 72.7 Å². The lowest BCUT2D eigenvalue weighted by molar-refractivity contribution is 0.102. The molecule has 4 rings (SSSR count). The van der Waals surface area contributed by atoms with Crippen molar-refractivity contribution in [1.82, 2.24) is 19.7 Å². The Morgan fingerprint density at radius 2 is 1.84 bits per heavy atom. The molecule has 0 saturated carbocycles. The van der Waals surface area contributed by atoms with E-state index in [0.717, 1.165) is 5.56 Å². The summed E-state index contributed by atoms with van der Waals surface area (Å²) >= 11 is 1.67. The number of aromatic nitrogens is 4. The summed E-state index contributed by atoms with van der Waals surface area (Å²) in [5, 5.41) is 8.88. The molecule has 122 valence electrons. The standard InChI is InChI=1S/C18H13N5OS/c24-17(14-6-4-13(5-7-14)16-3-1-10-25-16)22-15-11-19-18(20-12-15)23-9-2-8-21-23/h1-12H,(H,22,24). The fourth-order valence-electron chi connectivity index (χ4n) is 2.32. The van der Waals surface area contributed by atoms with Crippen molar-refractivity contribution in [2.45, 2.75) is 0 Å². The molecule has 1 aromatic carbocycles. The van der Waals surface area contributed by atoms with Gasteiger partial charge < -0.3 is 5.32 Å². The van der Waals surface area contributed by atoms with Gasteiger partial charge in [-0.3, -0.25) is 4.79 Å². The molecule has 6 nitrogen and oxygen atoms in total. The second kappa shape index (κ2) is 6.66. The summed E-state index contributed by atoms with van der Waals surface area (Å²) in [5.74, 6) is 0.247. The largest absolute Gasteiger partial charge is 0.319 e. The Balaban J connectivity index is 1.46. The van der Waals surface area contributed by atoms with Crippen LogP contribution in [-0.2, 0) is 0 Å². The number of carbonyl (C=O) groups is 1. The number of nitrogens with one attached hydrogen (secondary N) is 1. The molecule has 0 aliphatic carbocycles. The van der Waals surface area contributed by atoms with Crippen molar-refractivity contribution >= 4 is 22.9 Å². The van der Waals surface area contributed by atoms with E-state index in [-0.39, 0.29) is 5.91 Å². The number of hydrogen-bond donors (Lipinski definition) is 1. The number of thiophene rings is 1. The molecule has 25 heavy (non-hydrogen) atoms. The Morgan fingerprint density at radius 3 is 2.48 bits per heavy atom. The van der Waals surface area contributed by atoms with Crippen LogP contribution in [0.4, 0.5) is 5.69 Å². The van der Waals surface area contributed by atoms with Gasteiger partial charge in [-0.1, -0.05) is 18.2 Å². The van der Waals surface area contributed by atoms with Crippen LogP contribution < -0.4 is 5.32 Å². The van der Waals surface area contributed by atoms with Crippen LogP contribution in [-0.4, -0.2) is 25.7 Å². The van der Waals surface area contributed by atoms with Crippen LogP contribution in [0.3, 0.4) is 0 Å². The maximum absolute atomic E-state index is 12.3. The minimum Gasteiger partial charge on any atom is -0.319 e. The lowest BCUT2D eigenvalue weighted by Gasteiger charge is -2.06. The molecular weight excluding hydrogens is 334 g/mol. The molecule has 1 amide bonds. The molecule has 0 spiro atoms. The summed E-state index contributed by atoms with van der Waals surface area (Å²) < 4.78 is 1.55. The van der Waals surface area contributed by atoms with Crippen LogP contribution in [0.25, 0.3) is 16.4 Å². The summed E-state index contributed by atoms with van der Waals surface area (Å²) in [5.41, 5.74) is 2.21. The first-order chi connectivity index (χ1) is 12.3. The highest BCUT2D eigenvalue weighted by atomic mass is 32.1. The average Bonchev–Trinajstić information content (AvgIpc) is 3.36. The minimum atomic E-state index is -0.201. The normalized spacial score (nSPS) is 10.6. The molecular formula is C18H13N5OS. The van der Waals surface area contributed by atoms with Crippen molar-refractivity contribution < 1.29 is 4.79 Å². The van der Waals surface area contributed by atoms with Gasteiger partial charge in [0.1, 0.15) is 0 Å². The molecule has 1 N–H and O–H groups in total. The molecule has 4 aromatic rings. The lowest BCUT2D eigenvalue weighted by atomic mass is 10.1. The number of carbonyl (C=O) groups excluding carboxylic acids is 1. The van der Waals surface area contributed by atoms with E-state index in [0.29, 0.717) is 17.2 Å². The number of hydrogen-bond acceptors (Lipinski definition) is 5. The van der Waals surface area contributed by atoms with E-state index in [1.807, 2.05) is 35.7 Å². The van der Waals surface area contributed by atoms with Gasteiger partial charge in [0.25, 0.3) is 11.9 Å². The summed E-state index contributed by atoms with van der Waals surface area (Å²) in [4.78, 5) is 21.9. The van der Waals surface area contributed by atoms with E-state index in [1.165, 1.54) is 4.88 Å². The number of rotatable bonds is 4. The van der Waals surface area contributed by atoms with Crippen molar-refractivity contribution in [3.63, 3.8) is 0 Å². The monoisotopic (exact) mass is 347 g/mol. The molecule has 3 aromatic heterocycles. The van der Waals surface area contributed by atoms with E-state index in [1.54, 1.807) is 46.9 Å². The van der Waals surface area contributed by atoms with E-state index < -0.39 is 0 Å². The van der Waals surface area contributed by atoms with Gasteiger partial charge in [-0.15, -0.1) is 11.3 Å². The lowest BCUT2D eigenvalue weighted by Crippen LogP contribution is -2.12. The summed E-state index contributed by atoms with van der Waals surface area (Å²) in [6.45, 7) is 0. The zero-order valence-electron chi connectivity index (χ0n) is 13.0. The van der Waals surface area contributed by atoms with Gasteiger partial charge >= 0.3 is 0 Å². The average molecular weight is 347 g/mol. The smallest absolute Gasteiger partial charge is 0.255 e. The van der Waals surface area contributed by atoms with Crippen molar-refractivity contribution in [2.24, 2.45) is 0 Å². The number of anilines is 1. The molecule has 0 aliphatic rings. The van der Waals surface area contributed by atoms with E-state index in [9.17, 15) is 4.79 Å². The summed E-state index contributed by atoms with van der Waals surface area (Å²) in [7, 11) is 0. The molecule has 0 bridgehead atoms. The highest BCUT2D eigenvalue weighted by molar-refractivity contribution is 7.13. The Kier molecular flexibility index (Phi) is 4.05. The Morgan fingerprint density at radius 1 is 1.04 bits per heavy atom. The molecule has 0 aliphatic heterocycles. The van der Waals surface area contributed by atoms with Gasteiger partial charge in [0.2, 0.25) is 0 Å². The SMILES string of the molecule is O=C(Nc1cnc(-n2cccn2)nc1)c1ccc(-c2cccs2)cc1. The molecule has 0 radical (unpaired) electrons. The van der Waals surface area contributed by atoms with Crippen molar-refractivity contribution in [3.05, 3.63) is 78.2 Å². The van der Waals surface area contributed by atoms with E-state index in [2.05, 4.69) is 26.4 Å². The van der Waals surface area contributed by atoms with Crippen LogP contribution >= 0.6 is 11.3 Å². The second-order valence-corrected chi connectivity index (χ2v) is 6.18. The third-order valence-electron chi connectivity index (χ3n) is 3.56. The van der Waals surface area contributed by atoms with Gasteiger partial charge in [0, 0.05) is 22.8 Å². The molecule has 7 heteroatoms. The third kappa shape index (κ3) is 3.31. The van der Waals surface area contributed by atoms with Crippen LogP contribution in [0.1, 0.15) is 10.4 Å². The van der Waals surface area contributed by atoms with Gasteiger partial charge in [0.15, 0.2) is 0 Å². The number of benzene rings is 1. The summed E-state index contributed by atoms with van der Waals surface area (Å²) in [6, 6.07) is 13.4. The van der Waals surface area contributed by atoms with Crippen LogP contribution in [0.5, 0.6) is 0 Å². The van der Waals surface area contributed by atoms with E-state index >= 15 is 0 Å². The maximum Gasteiger partial charge on any atom is 0.255 e. The zero-order chi connectivity index (χ0) is 17.1. The second-order valence-electron chi connectivity index (χ2n) is 5.23. The highest BCUT2D eigenvalue weighted by Crippen LogP contribution is 2.24. The molecule has 0 unspecified atom stereocenters. The third-order valence-corrected chi connectivity index (χ3v) is 4.48. The molecule has 0 fully saturated rings. The predicted octanol–water partition coefficient (Wildman–Crippen LogP) is 3.64. The van der Waals surface area contributed by atoms with Gasteiger partial charge in [-0.05, 0) is 35.2 Å². The van der Waals surface area contributed by atoms with Gasteiger partial charge in [-0.25, -0.2) is 14.6 Å². The number of nitrogens with zero attached hydrogens (tertiary/aromatic N) is 4. The van der Waals surface area contributed by atoms with Crippen LogP contribution in [0, 0.1) is 0 Å². The summed E-state index contributed by atoms with van der Waals surface area (Å²) in [6.07, 6.45) is 6.52. The van der Waals surface area contributed by atoms with Crippen LogP contribution in [0.2, 0.25) is 0 Å². The fourth-order valence-corrected chi connectivity index (χ4v) is 3.06. The van der Waals surface area contributed by atoms with Crippen molar-refractivity contribution in [2.75, 3.05) is 5.32 Å². The predicted molar refractivity (Wildman–Crippen MR) is 96.9 cm³/mol. The zero-order valence-corrected chi connectivity index (χ0v) is 13.9. The Labute approximate surface area is 147 Å². The van der Waals surface area contributed by atoms with Crippen molar-refractivity contribution in [3.8, 4) is 16.4 Å². The molecule has 0 saturated heterocycles. The van der Waals surface area contributed by atoms with Crippen LogP contribution in [0.15, 0.2) is 72.6 Å². The first kappa shape index (κ1) is 15.2. The minimum absolute atomic E-state index is 0.201. The van der Waals surface area contributed by atoms with E-state index in [4.69, 9.17) is 0 Å².